The lowest BCUT2D eigenvalue weighted by Gasteiger charge is -2.53. The molecule has 0 unspecified atom stereocenters. The number of alkyl carbamates (subject to hydrolysis) is 1. The van der Waals surface area contributed by atoms with Crippen LogP contribution in [-0.4, -0.2) is 43.1 Å². The summed E-state index contributed by atoms with van der Waals surface area (Å²) in [4.78, 5) is 26.4. The first kappa shape index (κ1) is 21.7. The van der Waals surface area contributed by atoms with Crippen molar-refractivity contribution in [2.24, 2.45) is 11.3 Å². The van der Waals surface area contributed by atoms with Crippen LogP contribution in [0.25, 0.3) is 0 Å². The molecule has 1 spiro atoms. The zero-order chi connectivity index (χ0) is 21.0. The first-order valence-electron chi connectivity index (χ1n) is 11.1. The highest BCUT2D eigenvalue weighted by atomic mass is 16.5. The number of carbonyl (C=O) groups is 2. The van der Waals surface area contributed by atoms with Crippen LogP contribution in [0.5, 0.6) is 0 Å². The molecule has 0 radical (unpaired) electrons. The fourth-order valence-electron chi connectivity index (χ4n) is 5.15. The van der Waals surface area contributed by atoms with Crippen molar-refractivity contribution < 1.29 is 14.3 Å². The quantitative estimate of drug-likeness (QED) is 0.761. The Morgan fingerprint density at radius 3 is 2.48 bits per heavy atom. The lowest BCUT2D eigenvalue weighted by Crippen LogP contribution is -2.50. The number of hydrogen-bond acceptors (Lipinski definition) is 3. The van der Waals surface area contributed by atoms with Crippen LogP contribution in [0.3, 0.4) is 0 Å². The Hall–Kier alpha value is -2.04. The largest absolute Gasteiger partial charge is 0.450 e. The summed E-state index contributed by atoms with van der Waals surface area (Å²) in [5.74, 6) is 0.678. The average molecular weight is 401 g/mol. The maximum Gasteiger partial charge on any atom is 0.407 e. The third-order valence-corrected chi connectivity index (χ3v) is 6.97. The zero-order valence-corrected chi connectivity index (χ0v) is 18.4. The zero-order valence-electron chi connectivity index (χ0n) is 18.4. The molecule has 160 valence electrons. The number of piperidine rings is 1. The maximum atomic E-state index is 12.9. The Morgan fingerprint density at radius 2 is 1.90 bits per heavy atom. The Bertz CT molecular complexity index is 730. The fourth-order valence-corrected chi connectivity index (χ4v) is 5.15. The van der Waals surface area contributed by atoms with Gasteiger partial charge in [0, 0.05) is 19.6 Å². The Labute approximate surface area is 175 Å². The first-order chi connectivity index (χ1) is 13.9. The van der Waals surface area contributed by atoms with Crippen molar-refractivity contribution in [3.63, 3.8) is 0 Å². The van der Waals surface area contributed by atoms with E-state index in [-0.39, 0.29) is 11.8 Å². The van der Waals surface area contributed by atoms with Crippen molar-refractivity contribution in [2.45, 2.75) is 65.7 Å². The van der Waals surface area contributed by atoms with E-state index in [1.54, 1.807) is 6.92 Å². The van der Waals surface area contributed by atoms with Crippen LogP contribution in [0.2, 0.25) is 0 Å². The molecule has 1 aliphatic heterocycles. The molecule has 2 fully saturated rings. The molecule has 1 aliphatic carbocycles. The average Bonchev–Trinajstić information content (AvgIpc) is 2.67. The van der Waals surface area contributed by atoms with E-state index < -0.39 is 6.09 Å². The fraction of sp³-hybridized carbons (Fsp3) is 0.667. The number of benzene rings is 1. The van der Waals surface area contributed by atoms with Gasteiger partial charge in [-0.05, 0) is 75.3 Å². The molecule has 1 aromatic rings. The summed E-state index contributed by atoms with van der Waals surface area (Å²) in [5.41, 5.74) is 4.67. The predicted octanol–water partition coefficient (Wildman–Crippen LogP) is 4.56. The highest BCUT2D eigenvalue weighted by Gasteiger charge is 2.47. The van der Waals surface area contributed by atoms with Gasteiger partial charge in [0.15, 0.2) is 0 Å². The van der Waals surface area contributed by atoms with E-state index in [2.05, 4.69) is 37.4 Å². The summed E-state index contributed by atoms with van der Waals surface area (Å²) in [5, 5.41) is 2.72. The van der Waals surface area contributed by atoms with E-state index in [4.69, 9.17) is 4.74 Å². The van der Waals surface area contributed by atoms with Gasteiger partial charge < -0.3 is 15.0 Å². The van der Waals surface area contributed by atoms with Crippen molar-refractivity contribution in [3.8, 4) is 0 Å². The van der Waals surface area contributed by atoms with Crippen LogP contribution >= 0.6 is 0 Å². The van der Waals surface area contributed by atoms with Gasteiger partial charge >= 0.3 is 6.09 Å². The van der Waals surface area contributed by atoms with Gasteiger partial charge in [-0.25, -0.2) is 4.79 Å². The molecule has 5 nitrogen and oxygen atoms in total. The highest BCUT2D eigenvalue weighted by molar-refractivity contribution is 5.80. The van der Waals surface area contributed by atoms with Crippen LogP contribution in [0, 0.1) is 25.2 Å². The van der Waals surface area contributed by atoms with Gasteiger partial charge in [0.2, 0.25) is 5.91 Å². The SMILES string of the molecule is CCOC(=O)NC[C@@H](CC)C(=O)N1CCC2(CC1)CC(c1ccc(C)cc1C)C2. The summed E-state index contributed by atoms with van der Waals surface area (Å²) in [6, 6.07) is 6.82. The summed E-state index contributed by atoms with van der Waals surface area (Å²) in [7, 11) is 0. The Balaban J connectivity index is 1.49. The summed E-state index contributed by atoms with van der Waals surface area (Å²) >= 11 is 0. The second-order valence-corrected chi connectivity index (χ2v) is 9.00. The van der Waals surface area contributed by atoms with Gasteiger partial charge in [0.05, 0.1) is 12.5 Å². The Kier molecular flexibility index (Phi) is 6.86. The molecule has 1 N–H and O–H groups in total. The molecule has 1 saturated heterocycles. The predicted molar refractivity (Wildman–Crippen MR) is 115 cm³/mol. The van der Waals surface area contributed by atoms with Gasteiger partial charge in [-0.15, -0.1) is 0 Å². The van der Waals surface area contributed by atoms with E-state index >= 15 is 0 Å². The molecule has 1 saturated carbocycles. The van der Waals surface area contributed by atoms with Gasteiger partial charge in [-0.1, -0.05) is 30.7 Å². The number of rotatable bonds is 6. The van der Waals surface area contributed by atoms with E-state index in [9.17, 15) is 9.59 Å². The van der Waals surface area contributed by atoms with Crippen LogP contribution < -0.4 is 5.32 Å². The lowest BCUT2D eigenvalue weighted by atomic mass is 9.55. The molecule has 2 amide bonds. The summed E-state index contributed by atoms with van der Waals surface area (Å²) < 4.78 is 4.90. The number of amides is 2. The van der Waals surface area contributed by atoms with Gasteiger partial charge in [0.1, 0.15) is 0 Å². The number of aryl methyl sites for hydroxylation is 2. The number of nitrogens with zero attached hydrogens (tertiary/aromatic N) is 1. The molecule has 1 aromatic carbocycles. The van der Waals surface area contributed by atoms with E-state index in [1.807, 2.05) is 11.8 Å². The first-order valence-corrected chi connectivity index (χ1v) is 11.1. The third-order valence-electron chi connectivity index (χ3n) is 6.97. The van der Waals surface area contributed by atoms with Gasteiger partial charge in [-0.2, -0.15) is 0 Å². The van der Waals surface area contributed by atoms with Crippen molar-refractivity contribution >= 4 is 12.0 Å². The molecular weight excluding hydrogens is 364 g/mol. The van der Waals surface area contributed by atoms with Crippen molar-refractivity contribution in [2.75, 3.05) is 26.2 Å². The van der Waals surface area contributed by atoms with Crippen LogP contribution in [0.4, 0.5) is 4.79 Å². The maximum absolute atomic E-state index is 12.9. The second kappa shape index (κ2) is 9.19. The molecule has 1 atom stereocenters. The highest BCUT2D eigenvalue weighted by Crippen LogP contribution is 2.57. The second-order valence-electron chi connectivity index (χ2n) is 9.00. The van der Waals surface area contributed by atoms with E-state index in [1.165, 1.54) is 29.5 Å². The minimum Gasteiger partial charge on any atom is -0.450 e. The minimum atomic E-state index is -0.441. The minimum absolute atomic E-state index is 0.169. The molecule has 2 aliphatic rings. The number of ether oxygens (including phenoxy) is 1. The van der Waals surface area contributed by atoms with E-state index in [0.29, 0.717) is 24.5 Å². The van der Waals surface area contributed by atoms with Crippen LogP contribution in [-0.2, 0) is 9.53 Å². The van der Waals surface area contributed by atoms with Crippen molar-refractivity contribution in [1.82, 2.24) is 10.2 Å². The molecule has 3 rings (SSSR count). The molecule has 5 heteroatoms. The lowest BCUT2D eigenvalue weighted by molar-refractivity contribution is -0.139. The number of hydrogen-bond donors (Lipinski definition) is 1. The van der Waals surface area contributed by atoms with Crippen molar-refractivity contribution in [1.29, 1.82) is 0 Å². The van der Waals surface area contributed by atoms with Crippen LogP contribution in [0.15, 0.2) is 18.2 Å². The third kappa shape index (κ3) is 4.93. The Morgan fingerprint density at radius 1 is 1.21 bits per heavy atom. The molecular formula is C24H36N2O3. The van der Waals surface area contributed by atoms with Gasteiger partial charge in [-0.3, -0.25) is 4.79 Å². The molecule has 29 heavy (non-hydrogen) atoms. The normalized spacial score (nSPS) is 19.5. The smallest absolute Gasteiger partial charge is 0.407 e. The molecule has 0 bridgehead atoms. The summed E-state index contributed by atoms with van der Waals surface area (Å²) in [6.45, 7) is 10.5. The number of carbonyl (C=O) groups excluding carboxylic acids is 2. The molecule has 0 aromatic heterocycles. The summed E-state index contributed by atoms with van der Waals surface area (Å²) in [6.07, 6.45) is 4.98. The number of nitrogens with one attached hydrogen (secondary N) is 1. The van der Waals surface area contributed by atoms with Crippen molar-refractivity contribution in [3.05, 3.63) is 34.9 Å². The van der Waals surface area contributed by atoms with E-state index in [0.717, 1.165) is 32.4 Å². The van der Waals surface area contributed by atoms with Crippen LogP contribution in [0.1, 0.15) is 68.6 Å². The molecule has 1 heterocycles. The number of likely N-dealkylation sites (tertiary alicyclic amines) is 1. The topological polar surface area (TPSA) is 58.6 Å². The monoisotopic (exact) mass is 400 g/mol. The van der Waals surface area contributed by atoms with Gasteiger partial charge in [0.25, 0.3) is 0 Å². The standard InChI is InChI=1S/C24H36N2O3/c1-5-19(16-25-23(28)29-6-2)22(27)26-11-9-24(10-12-26)14-20(15-24)21-8-7-17(3)13-18(21)4/h7-8,13,19-20H,5-6,9-12,14-16H2,1-4H3,(H,25,28)/t19-/m1/s1.